The summed E-state index contributed by atoms with van der Waals surface area (Å²) in [5, 5.41) is 0. The van der Waals surface area contributed by atoms with Crippen LogP contribution in [0.2, 0.25) is 0 Å². The van der Waals surface area contributed by atoms with Crippen LogP contribution in [0.5, 0.6) is 5.75 Å². The fourth-order valence-corrected chi connectivity index (χ4v) is 1.59. The van der Waals surface area contributed by atoms with Gasteiger partial charge in [-0.15, -0.1) is 0 Å². The van der Waals surface area contributed by atoms with Gasteiger partial charge in [-0.2, -0.15) is 0 Å². The molecular weight excluding hydrogens is 176 g/mol. The predicted molar refractivity (Wildman–Crippen MR) is 55.8 cm³/mol. The van der Waals surface area contributed by atoms with Crippen molar-refractivity contribution < 1.29 is 9.47 Å². The van der Waals surface area contributed by atoms with Gasteiger partial charge in [-0.05, 0) is 37.1 Å². The van der Waals surface area contributed by atoms with Crippen LogP contribution in [0.4, 0.5) is 0 Å². The molecule has 1 aromatic carbocycles. The van der Waals surface area contributed by atoms with Crippen molar-refractivity contribution in [1.29, 1.82) is 0 Å². The number of hydrogen-bond acceptors (Lipinski definition) is 2. The van der Waals surface area contributed by atoms with E-state index < -0.39 is 0 Å². The second-order valence-corrected chi connectivity index (χ2v) is 3.68. The molecule has 0 radical (unpaired) electrons. The third-order valence-electron chi connectivity index (χ3n) is 2.48. The Balaban J connectivity index is 2.09. The van der Waals surface area contributed by atoms with Crippen LogP contribution >= 0.6 is 0 Å². The van der Waals surface area contributed by atoms with Gasteiger partial charge in [-0.3, -0.25) is 0 Å². The second-order valence-electron chi connectivity index (χ2n) is 3.68. The molecule has 0 aliphatic carbocycles. The first-order valence-corrected chi connectivity index (χ1v) is 5.13. The summed E-state index contributed by atoms with van der Waals surface area (Å²) in [6, 6.07) is 6.28. The third kappa shape index (κ3) is 2.26. The number of aryl methyl sites for hydroxylation is 1. The molecule has 0 amide bonds. The minimum Gasteiger partial charge on any atom is -0.494 e. The van der Waals surface area contributed by atoms with Crippen molar-refractivity contribution in [2.45, 2.75) is 26.4 Å². The lowest BCUT2D eigenvalue weighted by molar-refractivity contribution is 0.340. The zero-order chi connectivity index (χ0) is 9.97. The van der Waals surface area contributed by atoms with Gasteiger partial charge in [-0.1, -0.05) is 6.07 Å². The lowest BCUT2D eigenvalue weighted by atomic mass is 10.0. The Hall–Kier alpha value is -1.02. The van der Waals surface area contributed by atoms with E-state index in [-0.39, 0.29) is 0 Å². The van der Waals surface area contributed by atoms with Crippen LogP contribution < -0.4 is 4.74 Å². The number of ether oxygens (including phenoxy) is 2. The lowest BCUT2D eigenvalue weighted by Crippen LogP contribution is -1.97. The third-order valence-corrected chi connectivity index (χ3v) is 2.48. The minimum atomic E-state index is 0.464. The number of epoxide rings is 1. The first kappa shape index (κ1) is 9.53. The van der Waals surface area contributed by atoms with E-state index in [1.54, 1.807) is 0 Å². The highest BCUT2D eigenvalue weighted by Gasteiger charge is 2.23. The highest BCUT2D eigenvalue weighted by Crippen LogP contribution is 2.22. The lowest BCUT2D eigenvalue weighted by Gasteiger charge is -2.07. The fraction of sp³-hybridized carbons (Fsp3) is 0.500. The van der Waals surface area contributed by atoms with Crippen molar-refractivity contribution in [3.8, 4) is 5.75 Å². The monoisotopic (exact) mass is 192 g/mol. The maximum absolute atomic E-state index is 5.43. The zero-order valence-corrected chi connectivity index (χ0v) is 8.75. The van der Waals surface area contributed by atoms with Crippen LogP contribution in [0.25, 0.3) is 0 Å². The average molecular weight is 192 g/mol. The standard InChI is InChI=1S/C12H16O2/c1-3-13-11-5-4-10(9(2)6-11)7-12-8-14-12/h4-6,12H,3,7-8H2,1-2H3. The smallest absolute Gasteiger partial charge is 0.119 e. The molecule has 1 heterocycles. The van der Waals surface area contributed by atoms with Crippen molar-refractivity contribution in [2.75, 3.05) is 13.2 Å². The summed E-state index contributed by atoms with van der Waals surface area (Å²) in [5.74, 6) is 0.963. The zero-order valence-electron chi connectivity index (χ0n) is 8.75. The van der Waals surface area contributed by atoms with Gasteiger partial charge in [0.15, 0.2) is 0 Å². The molecule has 0 bridgehead atoms. The van der Waals surface area contributed by atoms with Crippen molar-refractivity contribution in [1.82, 2.24) is 0 Å². The molecule has 0 spiro atoms. The van der Waals surface area contributed by atoms with Crippen molar-refractivity contribution in [3.63, 3.8) is 0 Å². The van der Waals surface area contributed by atoms with Gasteiger partial charge in [0, 0.05) is 6.42 Å². The average Bonchev–Trinajstić information content (AvgIpc) is 2.94. The van der Waals surface area contributed by atoms with Crippen LogP contribution in [0.1, 0.15) is 18.1 Å². The van der Waals surface area contributed by atoms with Gasteiger partial charge >= 0.3 is 0 Å². The van der Waals surface area contributed by atoms with E-state index in [9.17, 15) is 0 Å². The SMILES string of the molecule is CCOc1ccc(CC2CO2)c(C)c1. The van der Waals surface area contributed by atoms with Crippen LogP contribution in [-0.4, -0.2) is 19.3 Å². The van der Waals surface area contributed by atoms with Gasteiger partial charge in [0.2, 0.25) is 0 Å². The number of hydrogen-bond donors (Lipinski definition) is 0. The molecule has 1 unspecified atom stereocenters. The summed E-state index contributed by atoms with van der Waals surface area (Å²) in [6.07, 6.45) is 1.50. The van der Waals surface area contributed by atoms with Crippen LogP contribution in [0.3, 0.4) is 0 Å². The molecule has 0 saturated carbocycles. The van der Waals surface area contributed by atoms with Crippen molar-refractivity contribution >= 4 is 0 Å². The van der Waals surface area contributed by atoms with Gasteiger partial charge in [0.25, 0.3) is 0 Å². The maximum Gasteiger partial charge on any atom is 0.119 e. The summed E-state index contributed by atoms with van der Waals surface area (Å²) in [5.41, 5.74) is 2.67. The molecule has 1 saturated heterocycles. The Morgan fingerprint density at radius 3 is 2.86 bits per heavy atom. The summed E-state index contributed by atoms with van der Waals surface area (Å²) >= 11 is 0. The molecule has 2 nitrogen and oxygen atoms in total. The van der Waals surface area contributed by atoms with E-state index in [1.165, 1.54) is 11.1 Å². The Bertz CT molecular complexity index is 316. The summed E-state index contributed by atoms with van der Waals surface area (Å²) in [4.78, 5) is 0. The molecule has 1 fully saturated rings. The van der Waals surface area contributed by atoms with Gasteiger partial charge in [0.1, 0.15) is 5.75 Å². The van der Waals surface area contributed by atoms with Crippen LogP contribution in [0.15, 0.2) is 18.2 Å². The molecular formula is C12H16O2. The van der Waals surface area contributed by atoms with Gasteiger partial charge < -0.3 is 9.47 Å². The Labute approximate surface area is 84.8 Å². The van der Waals surface area contributed by atoms with E-state index in [2.05, 4.69) is 19.1 Å². The van der Waals surface area contributed by atoms with E-state index >= 15 is 0 Å². The number of benzene rings is 1. The summed E-state index contributed by atoms with van der Waals surface area (Å²) < 4.78 is 10.6. The molecule has 14 heavy (non-hydrogen) atoms. The van der Waals surface area contributed by atoms with Crippen molar-refractivity contribution in [2.24, 2.45) is 0 Å². The van der Waals surface area contributed by atoms with Crippen molar-refractivity contribution in [3.05, 3.63) is 29.3 Å². The molecule has 2 rings (SSSR count). The maximum atomic E-state index is 5.43. The molecule has 0 N–H and O–H groups in total. The molecule has 0 aromatic heterocycles. The first-order chi connectivity index (χ1) is 6.79. The van der Waals surface area contributed by atoms with E-state index in [0.717, 1.165) is 25.4 Å². The van der Waals surface area contributed by atoms with Gasteiger partial charge in [-0.25, -0.2) is 0 Å². The quantitative estimate of drug-likeness (QED) is 0.683. The molecule has 1 aliphatic heterocycles. The topological polar surface area (TPSA) is 21.8 Å². The Kier molecular flexibility index (Phi) is 2.73. The summed E-state index contributed by atoms with van der Waals surface area (Å²) in [6.45, 7) is 5.78. The van der Waals surface area contributed by atoms with E-state index in [1.807, 2.05) is 13.0 Å². The van der Waals surface area contributed by atoms with Crippen LogP contribution in [0, 0.1) is 6.92 Å². The first-order valence-electron chi connectivity index (χ1n) is 5.13. The fourth-order valence-electron chi connectivity index (χ4n) is 1.59. The van der Waals surface area contributed by atoms with Crippen LogP contribution in [-0.2, 0) is 11.2 Å². The minimum absolute atomic E-state index is 0.464. The van der Waals surface area contributed by atoms with Gasteiger partial charge in [0.05, 0.1) is 19.3 Å². The predicted octanol–water partition coefficient (Wildman–Crippen LogP) is 2.34. The highest BCUT2D eigenvalue weighted by atomic mass is 16.6. The molecule has 1 atom stereocenters. The second kappa shape index (κ2) is 4.01. The largest absolute Gasteiger partial charge is 0.494 e. The highest BCUT2D eigenvalue weighted by molar-refractivity contribution is 5.35. The normalized spacial score (nSPS) is 19.4. The number of rotatable bonds is 4. The molecule has 76 valence electrons. The van der Waals surface area contributed by atoms with E-state index in [4.69, 9.17) is 9.47 Å². The molecule has 1 aromatic rings. The molecule has 2 heteroatoms. The van der Waals surface area contributed by atoms with E-state index in [0.29, 0.717) is 6.10 Å². The Morgan fingerprint density at radius 2 is 2.29 bits per heavy atom. The molecule has 1 aliphatic rings. The summed E-state index contributed by atoms with van der Waals surface area (Å²) in [7, 11) is 0. The Morgan fingerprint density at radius 1 is 1.50 bits per heavy atom.